The van der Waals surface area contributed by atoms with Crippen molar-refractivity contribution in [3.63, 3.8) is 0 Å². The maximum absolute atomic E-state index is 6.34. The first kappa shape index (κ1) is 13.6. The Kier molecular flexibility index (Phi) is 4.53. The summed E-state index contributed by atoms with van der Waals surface area (Å²) in [4.78, 5) is 4.20. The van der Waals surface area contributed by atoms with Crippen LogP contribution in [0.1, 0.15) is 36.1 Å². The Labute approximate surface area is 114 Å². The van der Waals surface area contributed by atoms with Crippen LogP contribution in [0.25, 0.3) is 0 Å². The molecule has 1 unspecified atom stereocenters. The number of pyridine rings is 1. The van der Waals surface area contributed by atoms with E-state index in [1.807, 2.05) is 12.1 Å². The lowest BCUT2D eigenvalue weighted by Crippen LogP contribution is -2.13. The van der Waals surface area contributed by atoms with Gasteiger partial charge < -0.3 is 10.5 Å². The van der Waals surface area contributed by atoms with Gasteiger partial charge in [-0.3, -0.25) is 0 Å². The third-order valence-corrected chi connectivity index (χ3v) is 3.18. The second kappa shape index (κ2) is 6.34. The molecule has 0 spiro atoms. The normalized spacial score (nSPS) is 12.2. The maximum Gasteiger partial charge on any atom is 0.218 e. The van der Waals surface area contributed by atoms with E-state index in [0.29, 0.717) is 5.88 Å². The molecule has 0 aliphatic carbocycles. The highest BCUT2D eigenvalue weighted by Crippen LogP contribution is 2.26. The van der Waals surface area contributed by atoms with Crippen LogP contribution >= 0.6 is 0 Å². The highest BCUT2D eigenvalue weighted by molar-refractivity contribution is 5.38. The summed E-state index contributed by atoms with van der Waals surface area (Å²) < 4.78 is 5.27. The number of ether oxygens (including phenoxy) is 1. The summed E-state index contributed by atoms with van der Waals surface area (Å²) in [5, 5.41) is 0. The van der Waals surface area contributed by atoms with Gasteiger partial charge >= 0.3 is 0 Å². The number of nitrogens with zero attached hydrogens (tertiary/aromatic N) is 1. The number of rotatable bonds is 5. The van der Waals surface area contributed by atoms with Crippen molar-refractivity contribution in [3.8, 4) is 5.88 Å². The number of hydrogen-bond donors (Lipinski definition) is 1. The number of aromatic nitrogens is 1. The van der Waals surface area contributed by atoms with Gasteiger partial charge in [0.2, 0.25) is 5.88 Å². The second-order valence-electron chi connectivity index (χ2n) is 4.57. The van der Waals surface area contributed by atoms with E-state index in [2.05, 4.69) is 36.2 Å². The minimum atomic E-state index is -0.208. The molecule has 1 aromatic carbocycles. The summed E-state index contributed by atoms with van der Waals surface area (Å²) in [7, 11) is 1.62. The van der Waals surface area contributed by atoms with Crippen LogP contribution in [0.5, 0.6) is 5.88 Å². The largest absolute Gasteiger partial charge is 0.481 e. The molecule has 0 bridgehead atoms. The molecular weight excluding hydrogens is 236 g/mol. The molecule has 0 amide bonds. The maximum atomic E-state index is 6.34. The molecule has 1 heterocycles. The first-order valence-electron chi connectivity index (χ1n) is 6.59. The standard InChI is InChI=1S/C16H20N2O/c1-3-6-12-7-4-8-13(11-12)15(17)14-9-5-10-18-16(14)19-2/h4-5,7-11,15H,3,6,17H2,1-2H3. The quantitative estimate of drug-likeness (QED) is 0.894. The van der Waals surface area contributed by atoms with Gasteiger partial charge in [0, 0.05) is 11.8 Å². The zero-order chi connectivity index (χ0) is 13.7. The number of aryl methyl sites for hydroxylation is 1. The summed E-state index contributed by atoms with van der Waals surface area (Å²) in [6.07, 6.45) is 3.92. The number of methoxy groups -OCH3 is 1. The number of benzene rings is 1. The van der Waals surface area contributed by atoms with Crippen LogP contribution in [0.15, 0.2) is 42.6 Å². The Morgan fingerprint density at radius 2 is 2.11 bits per heavy atom. The molecule has 1 atom stereocenters. The zero-order valence-electron chi connectivity index (χ0n) is 11.5. The Morgan fingerprint density at radius 3 is 2.84 bits per heavy atom. The summed E-state index contributed by atoms with van der Waals surface area (Å²) >= 11 is 0. The molecule has 0 aliphatic heterocycles. The van der Waals surface area contributed by atoms with Gasteiger partial charge in [-0.25, -0.2) is 4.98 Å². The van der Waals surface area contributed by atoms with Crippen LogP contribution in [0.4, 0.5) is 0 Å². The van der Waals surface area contributed by atoms with Gasteiger partial charge in [0.25, 0.3) is 0 Å². The van der Waals surface area contributed by atoms with Crippen LogP contribution in [0.3, 0.4) is 0 Å². The van der Waals surface area contributed by atoms with Gasteiger partial charge in [0.1, 0.15) is 0 Å². The third kappa shape index (κ3) is 3.12. The highest BCUT2D eigenvalue weighted by atomic mass is 16.5. The molecular formula is C16H20N2O. The molecule has 3 nitrogen and oxygen atoms in total. The van der Waals surface area contributed by atoms with Crippen molar-refractivity contribution in [2.75, 3.05) is 7.11 Å². The molecule has 100 valence electrons. The molecule has 0 saturated carbocycles. The predicted molar refractivity (Wildman–Crippen MR) is 77.3 cm³/mol. The fourth-order valence-corrected chi connectivity index (χ4v) is 2.22. The molecule has 0 fully saturated rings. The van der Waals surface area contributed by atoms with Gasteiger partial charge in [-0.15, -0.1) is 0 Å². The number of nitrogens with two attached hydrogens (primary N) is 1. The lowest BCUT2D eigenvalue weighted by Gasteiger charge is -2.15. The van der Waals surface area contributed by atoms with Crippen LogP contribution in [-0.2, 0) is 6.42 Å². The molecule has 2 N–H and O–H groups in total. The monoisotopic (exact) mass is 256 g/mol. The minimum Gasteiger partial charge on any atom is -0.481 e. The van der Waals surface area contributed by atoms with Crippen molar-refractivity contribution in [2.24, 2.45) is 5.73 Å². The summed E-state index contributed by atoms with van der Waals surface area (Å²) in [6, 6.07) is 12.1. The van der Waals surface area contributed by atoms with Crippen LogP contribution in [0, 0.1) is 0 Å². The average molecular weight is 256 g/mol. The van der Waals surface area contributed by atoms with Crippen molar-refractivity contribution >= 4 is 0 Å². The van der Waals surface area contributed by atoms with E-state index in [4.69, 9.17) is 10.5 Å². The van der Waals surface area contributed by atoms with Gasteiger partial charge in [-0.2, -0.15) is 0 Å². The Hall–Kier alpha value is -1.87. The minimum absolute atomic E-state index is 0.208. The molecule has 19 heavy (non-hydrogen) atoms. The molecule has 1 aromatic heterocycles. The van der Waals surface area contributed by atoms with Gasteiger partial charge in [0.15, 0.2) is 0 Å². The van der Waals surface area contributed by atoms with Gasteiger partial charge in [0.05, 0.1) is 13.2 Å². The second-order valence-corrected chi connectivity index (χ2v) is 4.57. The molecule has 2 rings (SSSR count). The van der Waals surface area contributed by atoms with Crippen LogP contribution < -0.4 is 10.5 Å². The Balaban J connectivity index is 2.32. The van der Waals surface area contributed by atoms with E-state index in [0.717, 1.165) is 24.0 Å². The van der Waals surface area contributed by atoms with Gasteiger partial charge in [-0.1, -0.05) is 43.7 Å². The number of hydrogen-bond acceptors (Lipinski definition) is 3. The molecule has 0 aliphatic rings. The van der Waals surface area contributed by atoms with Crippen molar-refractivity contribution in [1.82, 2.24) is 4.98 Å². The fourth-order valence-electron chi connectivity index (χ4n) is 2.22. The molecule has 2 aromatic rings. The van der Waals surface area contributed by atoms with E-state index in [1.165, 1.54) is 5.56 Å². The summed E-state index contributed by atoms with van der Waals surface area (Å²) in [5.41, 5.74) is 9.67. The van der Waals surface area contributed by atoms with Crippen molar-refractivity contribution in [3.05, 3.63) is 59.3 Å². The van der Waals surface area contributed by atoms with E-state index in [-0.39, 0.29) is 6.04 Å². The van der Waals surface area contributed by atoms with E-state index in [1.54, 1.807) is 13.3 Å². The van der Waals surface area contributed by atoms with Crippen molar-refractivity contribution in [1.29, 1.82) is 0 Å². The Morgan fingerprint density at radius 1 is 1.26 bits per heavy atom. The zero-order valence-corrected chi connectivity index (χ0v) is 11.5. The molecule has 0 saturated heterocycles. The predicted octanol–water partition coefficient (Wildman–Crippen LogP) is 3.09. The first-order chi connectivity index (χ1) is 9.26. The van der Waals surface area contributed by atoms with Crippen LogP contribution in [-0.4, -0.2) is 12.1 Å². The SMILES string of the molecule is CCCc1cccc(C(N)c2cccnc2OC)c1. The smallest absolute Gasteiger partial charge is 0.218 e. The highest BCUT2D eigenvalue weighted by Gasteiger charge is 2.14. The lowest BCUT2D eigenvalue weighted by atomic mass is 9.97. The Bertz CT molecular complexity index is 540. The summed E-state index contributed by atoms with van der Waals surface area (Å²) in [6.45, 7) is 2.18. The average Bonchev–Trinajstić information content (AvgIpc) is 2.47. The third-order valence-electron chi connectivity index (χ3n) is 3.18. The van der Waals surface area contributed by atoms with Gasteiger partial charge in [-0.05, 0) is 23.6 Å². The topological polar surface area (TPSA) is 48.1 Å². The van der Waals surface area contributed by atoms with Crippen LogP contribution in [0.2, 0.25) is 0 Å². The van der Waals surface area contributed by atoms with E-state index < -0.39 is 0 Å². The molecule has 3 heteroatoms. The van der Waals surface area contributed by atoms with E-state index in [9.17, 15) is 0 Å². The fraction of sp³-hybridized carbons (Fsp3) is 0.312. The molecule has 0 radical (unpaired) electrons. The van der Waals surface area contributed by atoms with E-state index >= 15 is 0 Å². The lowest BCUT2D eigenvalue weighted by molar-refractivity contribution is 0.390. The first-order valence-corrected chi connectivity index (χ1v) is 6.59. The van der Waals surface area contributed by atoms with Crippen molar-refractivity contribution in [2.45, 2.75) is 25.8 Å². The summed E-state index contributed by atoms with van der Waals surface area (Å²) in [5.74, 6) is 0.593. The van der Waals surface area contributed by atoms with Crippen molar-refractivity contribution < 1.29 is 4.74 Å².